The van der Waals surface area contributed by atoms with Crippen molar-refractivity contribution in [1.29, 1.82) is 0 Å². The molecule has 2 aliphatic heterocycles. The minimum atomic E-state index is -3.56. The topological polar surface area (TPSA) is 79.0 Å². The summed E-state index contributed by atoms with van der Waals surface area (Å²) in [6.07, 6.45) is 3.37. The van der Waals surface area contributed by atoms with Crippen LogP contribution in [-0.4, -0.2) is 62.9 Å². The molecule has 0 spiro atoms. The van der Waals surface area contributed by atoms with Gasteiger partial charge in [0.1, 0.15) is 5.75 Å². The number of piperidine rings is 2. The van der Waals surface area contributed by atoms with E-state index in [9.17, 15) is 13.2 Å². The molecule has 1 N–H and O–H groups in total. The van der Waals surface area contributed by atoms with Crippen molar-refractivity contribution in [2.45, 2.75) is 44.0 Å². The van der Waals surface area contributed by atoms with Crippen molar-refractivity contribution in [2.75, 3.05) is 39.3 Å². The maximum absolute atomic E-state index is 13.0. The number of ether oxygens (including phenoxy) is 1. The number of hydrogen-bond acceptors (Lipinski definition) is 5. The van der Waals surface area contributed by atoms with E-state index in [1.165, 1.54) is 9.87 Å². The lowest BCUT2D eigenvalue weighted by Gasteiger charge is -2.34. The fourth-order valence-electron chi connectivity index (χ4n) is 5.07. The highest BCUT2D eigenvalue weighted by Crippen LogP contribution is 2.26. The molecule has 0 aromatic heterocycles. The highest BCUT2D eigenvalue weighted by molar-refractivity contribution is 7.89. The van der Waals surface area contributed by atoms with Gasteiger partial charge < -0.3 is 10.1 Å². The van der Waals surface area contributed by atoms with Crippen LogP contribution in [0.4, 0.5) is 0 Å². The minimum Gasteiger partial charge on any atom is -0.494 e. The summed E-state index contributed by atoms with van der Waals surface area (Å²) in [7, 11) is -3.56. The Morgan fingerprint density at radius 3 is 2.40 bits per heavy atom. The number of hydrogen-bond donors (Lipinski definition) is 1. The molecule has 4 rings (SSSR count). The Hall–Kier alpha value is -2.42. The van der Waals surface area contributed by atoms with Crippen molar-refractivity contribution in [3.8, 4) is 5.75 Å². The van der Waals surface area contributed by atoms with Crippen molar-refractivity contribution < 1.29 is 17.9 Å². The summed E-state index contributed by atoms with van der Waals surface area (Å²) >= 11 is 0. The van der Waals surface area contributed by atoms with E-state index in [1.807, 2.05) is 13.0 Å². The molecule has 0 aliphatic carbocycles. The molecule has 35 heavy (non-hydrogen) atoms. The monoisotopic (exact) mass is 499 g/mol. The predicted octanol–water partition coefficient (Wildman–Crippen LogP) is 3.51. The normalized spacial score (nSPS) is 20.4. The van der Waals surface area contributed by atoms with Gasteiger partial charge >= 0.3 is 0 Å². The van der Waals surface area contributed by atoms with E-state index in [1.54, 1.807) is 24.3 Å². The number of carbonyl (C=O) groups is 1. The fourth-order valence-corrected chi connectivity index (χ4v) is 6.54. The third-order valence-electron chi connectivity index (χ3n) is 7.01. The molecule has 7 nitrogen and oxygen atoms in total. The number of amides is 1. The van der Waals surface area contributed by atoms with Crippen molar-refractivity contribution in [3.05, 3.63) is 60.2 Å². The van der Waals surface area contributed by atoms with Crippen LogP contribution in [0.3, 0.4) is 0 Å². The SMILES string of the molecule is CCOc1ccc(S(=O)(=O)N2CCC(C(=O)NCC3CCCN(Cc4ccccc4)C3)CC2)cc1. The first-order valence-electron chi connectivity index (χ1n) is 12.7. The van der Waals surface area contributed by atoms with Crippen LogP contribution in [-0.2, 0) is 21.4 Å². The number of nitrogens with one attached hydrogen (secondary N) is 1. The summed E-state index contributed by atoms with van der Waals surface area (Å²) in [6.45, 7) is 6.88. The van der Waals surface area contributed by atoms with Gasteiger partial charge in [-0.2, -0.15) is 4.31 Å². The van der Waals surface area contributed by atoms with Gasteiger partial charge in [-0.25, -0.2) is 8.42 Å². The molecule has 2 aliphatic rings. The molecule has 190 valence electrons. The summed E-state index contributed by atoms with van der Waals surface area (Å²) in [5.74, 6) is 1.04. The van der Waals surface area contributed by atoms with Gasteiger partial charge in [-0.05, 0) is 74.9 Å². The lowest BCUT2D eigenvalue weighted by molar-refractivity contribution is -0.126. The van der Waals surface area contributed by atoms with E-state index >= 15 is 0 Å². The van der Waals surface area contributed by atoms with E-state index in [-0.39, 0.29) is 16.7 Å². The van der Waals surface area contributed by atoms with Gasteiger partial charge in [0, 0.05) is 38.6 Å². The van der Waals surface area contributed by atoms with Gasteiger partial charge in [-0.3, -0.25) is 9.69 Å². The van der Waals surface area contributed by atoms with Crippen LogP contribution in [0.25, 0.3) is 0 Å². The molecule has 2 heterocycles. The number of nitrogens with zero attached hydrogens (tertiary/aromatic N) is 2. The number of carbonyl (C=O) groups excluding carboxylic acids is 1. The molecule has 0 saturated carbocycles. The zero-order valence-corrected chi connectivity index (χ0v) is 21.4. The van der Waals surface area contributed by atoms with Crippen LogP contribution in [0, 0.1) is 11.8 Å². The second kappa shape index (κ2) is 12.0. The molecule has 2 saturated heterocycles. The molecular formula is C27H37N3O4S. The zero-order chi connectivity index (χ0) is 24.7. The number of benzene rings is 2. The van der Waals surface area contributed by atoms with Crippen LogP contribution in [0.5, 0.6) is 5.75 Å². The summed E-state index contributed by atoms with van der Waals surface area (Å²) in [6, 6.07) is 17.1. The van der Waals surface area contributed by atoms with Gasteiger partial charge in [-0.1, -0.05) is 30.3 Å². The quantitative estimate of drug-likeness (QED) is 0.571. The maximum atomic E-state index is 13.0. The molecule has 8 heteroatoms. The first-order chi connectivity index (χ1) is 17.0. The fraction of sp³-hybridized carbons (Fsp3) is 0.519. The van der Waals surface area contributed by atoms with E-state index in [4.69, 9.17) is 4.74 Å². The van der Waals surface area contributed by atoms with Crippen molar-refractivity contribution in [1.82, 2.24) is 14.5 Å². The average Bonchev–Trinajstić information content (AvgIpc) is 2.89. The third-order valence-corrected chi connectivity index (χ3v) is 8.93. The van der Waals surface area contributed by atoms with Crippen LogP contribution < -0.4 is 10.1 Å². The average molecular weight is 500 g/mol. The first-order valence-corrected chi connectivity index (χ1v) is 14.2. The lowest BCUT2D eigenvalue weighted by Crippen LogP contribution is -2.45. The maximum Gasteiger partial charge on any atom is 0.243 e. The molecule has 1 atom stereocenters. The summed E-state index contributed by atoms with van der Waals surface area (Å²) in [5.41, 5.74) is 1.32. The van der Waals surface area contributed by atoms with Crippen LogP contribution in [0.1, 0.15) is 38.2 Å². The van der Waals surface area contributed by atoms with Gasteiger partial charge in [-0.15, -0.1) is 0 Å². The van der Waals surface area contributed by atoms with Crippen LogP contribution in [0.2, 0.25) is 0 Å². The Kier molecular flexibility index (Phi) is 8.81. The van der Waals surface area contributed by atoms with E-state index < -0.39 is 10.0 Å². The minimum absolute atomic E-state index is 0.0586. The largest absolute Gasteiger partial charge is 0.494 e. The highest BCUT2D eigenvalue weighted by Gasteiger charge is 2.32. The smallest absolute Gasteiger partial charge is 0.243 e. The Morgan fingerprint density at radius 2 is 1.71 bits per heavy atom. The highest BCUT2D eigenvalue weighted by atomic mass is 32.2. The molecule has 0 bridgehead atoms. The Labute approximate surface area is 209 Å². The first kappa shape index (κ1) is 25.7. The Bertz CT molecular complexity index is 1050. The second-order valence-corrected chi connectivity index (χ2v) is 11.5. The van der Waals surface area contributed by atoms with E-state index in [0.29, 0.717) is 50.8 Å². The Morgan fingerprint density at radius 1 is 1.00 bits per heavy atom. The lowest BCUT2D eigenvalue weighted by atomic mass is 9.95. The summed E-state index contributed by atoms with van der Waals surface area (Å²) in [4.78, 5) is 15.6. The van der Waals surface area contributed by atoms with Crippen LogP contribution in [0.15, 0.2) is 59.5 Å². The second-order valence-electron chi connectivity index (χ2n) is 9.56. The van der Waals surface area contributed by atoms with Gasteiger partial charge in [0.15, 0.2) is 0 Å². The van der Waals surface area contributed by atoms with Crippen LogP contribution >= 0.6 is 0 Å². The predicted molar refractivity (Wildman–Crippen MR) is 137 cm³/mol. The summed E-state index contributed by atoms with van der Waals surface area (Å²) in [5, 5.41) is 3.16. The van der Waals surface area contributed by atoms with Crippen molar-refractivity contribution in [3.63, 3.8) is 0 Å². The van der Waals surface area contributed by atoms with Gasteiger partial charge in [0.2, 0.25) is 15.9 Å². The standard InChI is InChI=1S/C27H37N3O4S/c1-2-34-25-10-12-26(13-11-25)35(32,33)30-17-14-24(15-18-30)27(31)28-19-23-9-6-16-29(21-23)20-22-7-4-3-5-8-22/h3-5,7-8,10-13,23-24H,2,6,9,14-21H2,1H3,(H,28,31). The molecule has 1 amide bonds. The zero-order valence-electron chi connectivity index (χ0n) is 20.6. The molecular weight excluding hydrogens is 462 g/mol. The van der Waals surface area contributed by atoms with Gasteiger partial charge in [0.25, 0.3) is 0 Å². The van der Waals surface area contributed by atoms with Crippen molar-refractivity contribution in [2.24, 2.45) is 11.8 Å². The molecule has 1 unspecified atom stereocenters. The number of sulfonamides is 1. The van der Waals surface area contributed by atoms with E-state index in [2.05, 4.69) is 34.5 Å². The number of rotatable bonds is 9. The molecule has 0 radical (unpaired) electrons. The molecule has 2 fully saturated rings. The van der Waals surface area contributed by atoms with Crippen molar-refractivity contribution >= 4 is 15.9 Å². The third kappa shape index (κ3) is 6.84. The summed E-state index contributed by atoms with van der Waals surface area (Å²) < 4.78 is 32.9. The van der Waals surface area contributed by atoms with Gasteiger partial charge in [0.05, 0.1) is 11.5 Å². The molecule has 2 aromatic carbocycles. The Balaban J connectivity index is 1.22. The van der Waals surface area contributed by atoms with E-state index in [0.717, 1.165) is 32.5 Å². The number of likely N-dealkylation sites (tertiary alicyclic amines) is 1. The molecule has 2 aromatic rings.